The van der Waals surface area contributed by atoms with Crippen molar-refractivity contribution in [2.45, 2.75) is 20.0 Å². The van der Waals surface area contributed by atoms with Crippen LogP contribution >= 0.6 is 0 Å². The monoisotopic (exact) mass is 314 g/mol. The van der Waals surface area contributed by atoms with E-state index in [4.69, 9.17) is 4.84 Å². The highest BCUT2D eigenvalue weighted by molar-refractivity contribution is 5.81. The Morgan fingerprint density at radius 3 is 2.25 bits per heavy atom. The molecule has 0 saturated heterocycles. The topological polar surface area (TPSA) is 21.6 Å². The first-order chi connectivity index (χ1) is 11.9. The highest BCUT2D eigenvalue weighted by Gasteiger charge is 2.04. The number of rotatable bonds is 6. The molecular formula is C22H20NO. The summed E-state index contributed by atoms with van der Waals surface area (Å²) in [4.78, 5) is 5.50. The van der Waals surface area contributed by atoms with Gasteiger partial charge in [-0.25, -0.2) is 0 Å². The van der Waals surface area contributed by atoms with Gasteiger partial charge in [-0.1, -0.05) is 90.9 Å². The van der Waals surface area contributed by atoms with Gasteiger partial charge in [0.05, 0.1) is 0 Å². The van der Waals surface area contributed by atoms with E-state index in [2.05, 4.69) is 48.6 Å². The number of benzene rings is 3. The van der Waals surface area contributed by atoms with Crippen molar-refractivity contribution in [1.82, 2.24) is 0 Å². The average Bonchev–Trinajstić information content (AvgIpc) is 2.66. The molecule has 0 N–H and O–H groups in total. The number of aryl methyl sites for hydroxylation is 1. The van der Waals surface area contributed by atoms with Gasteiger partial charge in [-0.3, -0.25) is 0 Å². The van der Waals surface area contributed by atoms with Gasteiger partial charge in [-0.15, -0.1) is 0 Å². The molecule has 0 unspecified atom stereocenters. The second-order valence-corrected chi connectivity index (χ2v) is 5.51. The summed E-state index contributed by atoms with van der Waals surface area (Å²) < 4.78 is 0. The smallest absolute Gasteiger partial charge is 0.142 e. The fourth-order valence-corrected chi connectivity index (χ4v) is 2.67. The van der Waals surface area contributed by atoms with E-state index in [-0.39, 0.29) is 0 Å². The zero-order valence-corrected chi connectivity index (χ0v) is 13.8. The molecule has 0 spiro atoms. The molecule has 0 aliphatic rings. The van der Waals surface area contributed by atoms with Crippen molar-refractivity contribution in [2.75, 3.05) is 0 Å². The molecule has 2 heteroatoms. The van der Waals surface area contributed by atoms with Crippen LogP contribution in [0.3, 0.4) is 0 Å². The predicted molar refractivity (Wildman–Crippen MR) is 99.0 cm³/mol. The zero-order valence-electron chi connectivity index (χ0n) is 13.8. The van der Waals surface area contributed by atoms with Crippen molar-refractivity contribution in [1.29, 1.82) is 0 Å². The van der Waals surface area contributed by atoms with Crippen LogP contribution in [0.2, 0.25) is 0 Å². The Balaban J connectivity index is 1.71. The Bertz CT molecular complexity index is 809. The second kappa shape index (κ2) is 8.11. The summed E-state index contributed by atoms with van der Waals surface area (Å²) in [7, 11) is 0. The van der Waals surface area contributed by atoms with Crippen LogP contribution in [0.15, 0.2) is 84.0 Å². The summed E-state index contributed by atoms with van der Waals surface area (Å²) >= 11 is 0. The van der Waals surface area contributed by atoms with Gasteiger partial charge in [0.15, 0.2) is 0 Å². The van der Waals surface area contributed by atoms with E-state index in [1.807, 2.05) is 48.5 Å². The first-order valence-electron chi connectivity index (χ1n) is 8.17. The summed E-state index contributed by atoms with van der Waals surface area (Å²) in [6.45, 7) is 2.55. The lowest BCUT2D eigenvalue weighted by Gasteiger charge is -2.08. The number of hydrogen-bond acceptors (Lipinski definition) is 2. The van der Waals surface area contributed by atoms with E-state index >= 15 is 0 Å². The molecule has 0 amide bonds. The standard InChI is InChI=1S/C22H20NO/c1-2-18-10-6-7-13-20(18)16-23-24-17-21-14-8-9-15-22(21)19-11-4-3-5-12-19/h3-15H,2,17H2,1H3. The van der Waals surface area contributed by atoms with E-state index in [0.29, 0.717) is 6.61 Å². The maximum atomic E-state index is 5.50. The molecule has 2 nitrogen and oxygen atoms in total. The molecule has 3 aromatic rings. The third-order valence-electron chi connectivity index (χ3n) is 3.95. The van der Waals surface area contributed by atoms with E-state index in [0.717, 1.165) is 17.5 Å². The lowest BCUT2D eigenvalue weighted by atomic mass is 10.0. The highest BCUT2D eigenvalue weighted by atomic mass is 16.6. The molecule has 0 aliphatic heterocycles. The second-order valence-electron chi connectivity index (χ2n) is 5.51. The summed E-state index contributed by atoms with van der Waals surface area (Å²) in [6, 6.07) is 26.6. The van der Waals surface area contributed by atoms with Crippen molar-refractivity contribution in [3.05, 3.63) is 95.6 Å². The summed E-state index contributed by atoms with van der Waals surface area (Å²) in [6.07, 6.45) is 3.95. The normalized spacial score (nSPS) is 10.9. The molecule has 0 saturated carbocycles. The van der Waals surface area contributed by atoms with E-state index in [1.54, 1.807) is 0 Å². The van der Waals surface area contributed by atoms with Gasteiger partial charge >= 0.3 is 0 Å². The van der Waals surface area contributed by atoms with Crippen LogP contribution in [0.4, 0.5) is 0 Å². The fourth-order valence-electron chi connectivity index (χ4n) is 2.67. The Morgan fingerprint density at radius 1 is 0.792 bits per heavy atom. The maximum absolute atomic E-state index is 5.50. The van der Waals surface area contributed by atoms with Crippen molar-refractivity contribution < 1.29 is 4.84 Å². The molecule has 0 atom stereocenters. The maximum Gasteiger partial charge on any atom is 0.142 e. The van der Waals surface area contributed by atoms with Gasteiger partial charge in [0.2, 0.25) is 0 Å². The molecule has 24 heavy (non-hydrogen) atoms. The molecule has 0 aromatic heterocycles. The molecule has 0 aliphatic carbocycles. The summed E-state index contributed by atoms with van der Waals surface area (Å²) in [5, 5.41) is 4.03. The lowest BCUT2D eigenvalue weighted by Crippen LogP contribution is -1.94. The van der Waals surface area contributed by atoms with Crippen LogP contribution in [-0.4, -0.2) is 6.21 Å². The third-order valence-corrected chi connectivity index (χ3v) is 3.95. The van der Waals surface area contributed by atoms with Crippen molar-refractivity contribution in [3.63, 3.8) is 0 Å². The quantitative estimate of drug-likeness (QED) is 0.444. The van der Waals surface area contributed by atoms with Crippen LogP contribution in [0.25, 0.3) is 11.1 Å². The van der Waals surface area contributed by atoms with Crippen molar-refractivity contribution >= 4 is 6.21 Å². The van der Waals surface area contributed by atoms with Crippen LogP contribution in [0, 0.1) is 0 Å². The average molecular weight is 314 g/mol. The van der Waals surface area contributed by atoms with Crippen LogP contribution in [0.1, 0.15) is 23.6 Å². The minimum Gasteiger partial charge on any atom is -0.390 e. The number of hydrogen-bond donors (Lipinski definition) is 0. The summed E-state index contributed by atoms with van der Waals surface area (Å²) in [5.41, 5.74) is 5.66. The van der Waals surface area contributed by atoms with E-state index in [1.165, 1.54) is 16.7 Å². The molecule has 3 aromatic carbocycles. The fraction of sp³-hybridized carbons (Fsp3) is 0.136. The van der Waals surface area contributed by atoms with Gasteiger partial charge in [-0.2, -0.15) is 0 Å². The summed E-state index contributed by atoms with van der Waals surface area (Å²) in [5.74, 6) is 0. The minimum atomic E-state index is 0.423. The van der Waals surface area contributed by atoms with Crippen molar-refractivity contribution in [3.8, 4) is 11.1 Å². The minimum absolute atomic E-state index is 0.423. The zero-order chi connectivity index (χ0) is 16.6. The Hall–Kier alpha value is -2.87. The lowest BCUT2D eigenvalue weighted by molar-refractivity contribution is 0.132. The van der Waals surface area contributed by atoms with Crippen LogP contribution in [-0.2, 0) is 17.9 Å². The van der Waals surface area contributed by atoms with Gasteiger partial charge in [0.1, 0.15) is 12.8 Å². The van der Waals surface area contributed by atoms with E-state index < -0.39 is 0 Å². The highest BCUT2D eigenvalue weighted by Crippen LogP contribution is 2.23. The predicted octanol–water partition coefficient (Wildman–Crippen LogP) is 5.34. The van der Waals surface area contributed by atoms with Gasteiger partial charge < -0.3 is 4.84 Å². The Labute approximate surface area is 143 Å². The van der Waals surface area contributed by atoms with E-state index in [9.17, 15) is 0 Å². The molecule has 0 fully saturated rings. The largest absolute Gasteiger partial charge is 0.390 e. The van der Waals surface area contributed by atoms with Crippen LogP contribution in [0.5, 0.6) is 0 Å². The van der Waals surface area contributed by atoms with Gasteiger partial charge in [-0.05, 0) is 28.7 Å². The van der Waals surface area contributed by atoms with Crippen LogP contribution < -0.4 is 0 Å². The van der Waals surface area contributed by atoms with Gasteiger partial charge in [0, 0.05) is 5.56 Å². The SMILES string of the molecule is CCc1ccccc1/[C]=N/OCc1ccccc1-c1ccccc1. The molecule has 0 bridgehead atoms. The molecule has 3 rings (SSSR count). The Kier molecular flexibility index (Phi) is 5.41. The first-order valence-corrected chi connectivity index (χ1v) is 8.17. The molecular weight excluding hydrogens is 294 g/mol. The number of nitrogens with zero attached hydrogens (tertiary/aromatic N) is 1. The first kappa shape index (κ1) is 16.0. The molecule has 0 heterocycles. The third kappa shape index (κ3) is 3.90. The van der Waals surface area contributed by atoms with Gasteiger partial charge in [0.25, 0.3) is 0 Å². The Morgan fingerprint density at radius 2 is 1.46 bits per heavy atom. The molecule has 119 valence electrons. The van der Waals surface area contributed by atoms with Crippen molar-refractivity contribution in [2.24, 2.45) is 5.16 Å². The molecule has 1 radical (unpaired) electrons.